The Kier molecular flexibility index (Phi) is 6.59. The molecule has 0 aliphatic heterocycles. The molecule has 0 amide bonds. The molecule has 2 aromatic rings. The van der Waals surface area contributed by atoms with E-state index in [4.69, 9.17) is 14.2 Å². The van der Waals surface area contributed by atoms with E-state index in [9.17, 15) is 14.7 Å². The number of carbonyl (C=O) groups is 2. The van der Waals surface area contributed by atoms with Crippen LogP contribution < -0.4 is 14.2 Å². The number of benzene rings is 1. The van der Waals surface area contributed by atoms with Gasteiger partial charge in [-0.1, -0.05) is 6.42 Å². The van der Waals surface area contributed by atoms with E-state index in [1.54, 1.807) is 24.3 Å². The predicted molar refractivity (Wildman–Crippen MR) is 111 cm³/mol. The number of pyridine rings is 1. The maximum atomic E-state index is 13.1. The average Bonchev–Trinajstić information content (AvgIpc) is 2.74. The first kappa shape index (κ1) is 21.6. The van der Waals surface area contributed by atoms with Gasteiger partial charge >= 0.3 is 5.97 Å². The molecule has 1 fully saturated rings. The predicted octanol–water partition coefficient (Wildman–Crippen LogP) is 4.27. The Bertz CT molecular complexity index is 900. The van der Waals surface area contributed by atoms with Crippen molar-refractivity contribution in [3.8, 4) is 17.4 Å². The van der Waals surface area contributed by atoms with Gasteiger partial charge in [0.15, 0.2) is 11.4 Å². The zero-order chi connectivity index (χ0) is 21.7. The summed E-state index contributed by atoms with van der Waals surface area (Å²) in [6.07, 6.45) is 7.25. The fourth-order valence-corrected chi connectivity index (χ4v) is 3.31. The van der Waals surface area contributed by atoms with Crippen LogP contribution in [0.15, 0.2) is 36.5 Å². The topological polar surface area (TPSA) is 95.0 Å². The first-order valence-corrected chi connectivity index (χ1v) is 10.1. The van der Waals surface area contributed by atoms with E-state index in [-0.39, 0.29) is 23.2 Å². The minimum atomic E-state index is -1.52. The lowest BCUT2D eigenvalue weighted by Crippen LogP contribution is -2.38. The summed E-state index contributed by atoms with van der Waals surface area (Å²) in [7, 11) is 1.48. The highest BCUT2D eigenvalue weighted by Gasteiger charge is 2.31. The molecule has 0 spiro atoms. The van der Waals surface area contributed by atoms with Gasteiger partial charge in [0.25, 0.3) is 0 Å². The minimum absolute atomic E-state index is 0.134. The number of hydrogen-bond acceptors (Lipinski definition) is 6. The van der Waals surface area contributed by atoms with Gasteiger partial charge in [-0.2, -0.15) is 0 Å². The second-order valence-corrected chi connectivity index (χ2v) is 7.87. The van der Waals surface area contributed by atoms with Crippen LogP contribution in [0.5, 0.6) is 17.4 Å². The molecule has 1 saturated carbocycles. The average molecular weight is 413 g/mol. The highest BCUT2D eigenvalue weighted by molar-refractivity contribution is 6.10. The molecule has 0 unspecified atom stereocenters. The number of nitrogens with zero attached hydrogens (tertiary/aromatic N) is 1. The maximum absolute atomic E-state index is 13.1. The summed E-state index contributed by atoms with van der Waals surface area (Å²) in [5, 5.41) is 9.38. The van der Waals surface area contributed by atoms with Crippen LogP contribution in [-0.2, 0) is 4.79 Å². The maximum Gasteiger partial charge on any atom is 0.347 e. The van der Waals surface area contributed by atoms with Crippen LogP contribution in [0.1, 0.15) is 61.9 Å². The van der Waals surface area contributed by atoms with E-state index < -0.39 is 11.6 Å². The molecule has 0 bridgehead atoms. The summed E-state index contributed by atoms with van der Waals surface area (Å²) in [4.78, 5) is 28.8. The van der Waals surface area contributed by atoms with Gasteiger partial charge in [0.1, 0.15) is 17.6 Å². The van der Waals surface area contributed by atoms with Gasteiger partial charge in [0.2, 0.25) is 5.88 Å². The molecule has 160 valence electrons. The van der Waals surface area contributed by atoms with Crippen molar-refractivity contribution in [2.75, 3.05) is 7.11 Å². The van der Waals surface area contributed by atoms with Crippen molar-refractivity contribution in [1.82, 2.24) is 4.98 Å². The number of ketones is 1. The van der Waals surface area contributed by atoms with E-state index in [1.807, 2.05) is 0 Å². The van der Waals surface area contributed by atoms with Gasteiger partial charge in [-0.05, 0) is 57.7 Å². The normalized spacial score (nSPS) is 14.8. The molecule has 1 aromatic heterocycles. The first-order valence-electron chi connectivity index (χ1n) is 10.1. The van der Waals surface area contributed by atoms with Crippen LogP contribution in [0.3, 0.4) is 0 Å². The summed E-state index contributed by atoms with van der Waals surface area (Å²) in [6.45, 7) is 2.84. The SMILES string of the molecule is COc1ccc(C(=O)c2ccc(OC3CCCCC3)nc2)c(OC(C)(C)C(=O)O)c1. The van der Waals surface area contributed by atoms with Gasteiger partial charge < -0.3 is 19.3 Å². The molecule has 1 aromatic carbocycles. The summed E-state index contributed by atoms with van der Waals surface area (Å²) >= 11 is 0. The van der Waals surface area contributed by atoms with Crippen molar-refractivity contribution >= 4 is 11.8 Å². The third kappa shape index (κ3) is 5.09. The number of ether oxygens (including phenoxy) is 3. The third-order valence-corrected chi connectivity index (χ3v) is 5.15. The van der Waals surface area contributed by atoms with Crippen molar-refractivity contribution in [3.05, 3.63) is 47.7 Å². The standard InChI is InChI=1S/C23H27NO6/c1-23(2,22(26)27)30-19-13-17(28-3)10-11-18(19)21(25)15-9-12-20(24-14-15)29-16-7-5-4-6-8-16/h9-14,16H,4-8H2,1-3H3,(H,26,27). The molecule has 0 saturated heterocycles. The van der Waals surface area contributed by atoms with Gasteiger partial charge in [0.05, 0.1) is 12.7 Å². The zero-order valence-corrected chi connectivity index (χ0v) is 17.5. The summed E-state index contributed by atoms with van der Waals surface area (Å²) < 4.78 is 16.8. The number of hydrogen-bond donors (Lipinski definition) is 1. The Labute approximate surface area is 176 Å². The lowest BCUT2D eigenvalue weighted by Gasteiger charge is -2.23. The second-order valence-electron chi connectivity index (χ2n) is 7.87. The fourth-order valence-electron chi connectivity index (χ4n) is 3.31. The van der Waals surface area contributed by atoms with E-state index >= 15 is 0 Å². The monoisotopic (exact) mass is 413 g/mol. The Hall–Kier alpha value is -3.09. The Morgan fingerprint density at radius 1 is 1.10 bits per heavy atom. The summed E-state index contributed by atoms with van der Waals surface area (Å²) in [5.74, 6) is -0.386. The van der Waals surface area contributed by atoms with Crippen molar-refractivity contribution in [3.63, 3.8) is 0 Å². The quantitative estimate of drug-likeness (QED) is 0.646. The Morgan fingerprint density at radius 2 is 1.83 bits per heavy atom. The molecule has 7 nitrogen and oxygen atoms in total. The molecule has 1 aliphatic rings. The number of aliphatic carboxylic acids is 1. The van der Waals surface area contributed by atoms with Crippen molar-refractivity contribution < 1.29 is 28.9 Å². The molecular formula is C23H27NO6. The number of carbonyl (C=O) groups excluding carboxylic acids is 1. The molecule has 1 N–H and O–H groups in total. The largest absolute Gasteiger partial charge is 0.497 e. The third-order valence-electron chi connectivity index (χ3n) is 5.15. The van der Waals surface area contributed by atoms with Crippen LogP contribution in [-0.4, -0.2) is 40.7 Å². The van der Waals surface area contributed by atoms with E-state index in [0.717, 1.165) is 25.7 Å². The molecule has 0 radical (unpaired) electrons. The zero-order valence-electron chi connectivity index (χ0n) is 17.5. The van der Waals surface area contributed by atoms with E-state index in [0.29, 0.717) is 17.2 Å². The minimum Gasteiger partial charge on any atom is -0.497 e. The van der Waals surface area contributed by atoms with Crippen LogP contribution >= 0.6 is 0 Å². The first-order chi connectivity index (χ1) is 14.3. The van der Waals surface area contributed by atoms with Gasteiger partial charge in [-0.3, -0.25) is 4.79 Å². The fraction of sp³-hybridized carbons (Fsp3) is 0.435. The lowest BCUT2D eigenvalue weighted by atomic mass is 9.98. The number of carboxylic acid groups (broad SMARTS) is 1. The van der Waals surface area contributed by atoms with Crippen LogP contribution in [0.25, 0.3) is 0 Å². The molecule has 30 heavy (non-hydrogen) atoms. The number of aromatic nitrogens is 1. The molecule has 0 atom stereocenters. The van der Waals surface area contributed by atoms with Crippen LogP contribution in [0, 0.1) is 0 Å². The van der Waals surface area contributed by atoms with Gasteiger partial charge in [-0.15, -0.1) is 0 Å². The second kappa shape index (κ2) is 9.15. The number of carboxylic acids is 1. The number of rotatable bonds is 8. The van der Waals surface area contributed by atoms with Gasteiger partial charge in [0, 0.05) is 23.9 Å². The van der Waals surface area contributed by atoms with E-state index in [2.05, 4.69) is 4.98 Å². The molecular weight excluding hydrogens is 386 g/mol. The molecule has 1 heterocycles. The highest BCUT2D eigenvalue weighted by atomic mass is 16.5. The van der Waals surface area contributed by atoms with Crippen LogP contribution in [0.2, 0.25) is 0 Å². The molecule has 1 aliphatic carbocycles. The molecule has 7 heteroatoms. The molecule has 3 rings (SSSR count). The van der Waals surface area contributed by atoms with Gasteiger partial charge in [-0.25, -0.2) is 9.78 Å². The number of methoxy groups -OCH3 is 1. The highest BCUT2D eigenvalue weighted by Crippen LogP contribution is 2.30. The summed E-state index contributed by atoms with van der Waals surface area (Å²) in [6, 6.07) is 8.03. The summed E-state index contributed by atoms with van der Waals surface area (Å²) in [5.41, 5.74) is -0.931. The van der Waals surface area contributed by atoms with E-state index in [1.165, 1.54) is 39.6 Å². The lowest BCUT2D eigenvalue weighted by molar-refractivity contribution is -0.152. The van der Waals surface area contributed by atoms with Crippen molar-refractivity contribution in [1.29, 1.82) is 0 Å². The Balaban J connectivity index is 1.82. The Morgan fingerprint density at radius 3 is 2.43 bits per heavy atom. The van der Waals surface area contributed by atoms with Crippen molar-refractivity contribution in [2.24, 2.45) is 0 Å². The van der Waals surface area contributed by atoms with Crippen molar-refractivity contribution in [2.45, 2.75) is 57.7 Å². The smallest absolute Gasteiger partial charge is 0.347 e. The van der Waals surface area contributed by atoms with Crippen LogP contribution in [0.4, 0.5) is 0 Å².